The van der Waals surface area contributed by atoms with E-state index in [0.29, 0.717) is 0 Å². The van der Waals surface area contributed by atoms with Gasteiger partial charge in [0.25, 0.3) is 0 Å². The van der Waals surface area contributed by atoms with Crippen LogP contribution in [0.5, 0.6) is 0 Å². The fourth-order valence-corrected chi connectivity index (χ4v) is 4.05. The van der Waals surface area contributed by atoms with Crippen LogP contribution in [0.15, 0.2) is 0 Å². The third kappa shape index (κ3) is 1.86. The Balaban J connectivity index is 1.91. The van der Waals surface area contributed by atoms with Gasteiger partial charge in [-0.3, -0.25) is 0 Å². The van der Waals surface area contributed by atoms with Crippen molar-refractivity contribution in [1.29, 1.82) is 0 Å². The highest BCUT2D eigenvalue weighted by Gasteiger charge is 2.31. The predicted molar refractivity (Wildman–Crippen MR) is 56.6 cm³/mol. The molecule has 0 amide bonds. The van der Waals surface area contributed by atoms with E-state index in [1.54, 1.807) is 0 Å². The SMILES string of the molecule is BrC1CCCCC1C1CCCC1. The highest BCUT2D eigenvalue weighted by molar-refractivity contribution is 9.09. The summed E-state index contributed by atoms with van der Waals surface area (Å²) in [5, 5.41) is 0. The molecule has 0 spiro atoms. The number of alkyl halides is 1. The van der Waals surface area contributed by atoms with Crippen molar-refractivity contribution in [1.82, 2.24) is 0 Å². The van der Waals surface area contributed by atoms with Crippen LogP contribution < -0.4 is 0 Å². The third-order valence-electron chi connectivity index (χ3n) is 3.74. The van der Waals surface area contributed by atoms with Gasteiger partial charge < -0.3 is 0 Å². The molecule has 0 aromatic heterocycles. The van der Waals surface area contributed by atoms with E-state index in [0.717, 1.165) is 16.7 Å². The van der Waals surface area contributed by atoms with Gasteiger partial charge in [0, 0.05) is 4.83 Å². The number of hydrogen-bond donors (Lipinski definition) is 0. The largest absolute Gasteiger partial charge is 0.0888 e. The Morgan fingerprint density at radius 2 is 1.33 bits per heavy atom. The molecule has 0 heterocycles. The smallest absolute Gasteiger partial charge is 0.0176 e. The Kier molecular flexibility index (Phi) is 3.11. The summed E-state index contributed by atoms with van der Waals surface area (Å²) in [5.74, 6) is 2.11. The molecule has 2 atom stereocenters. The van der Waals surface area contributed by atoms with Crippen LogP contribution in [0.2, 0.25) is 0 Å². The molecule has 2 aliphatic rings. The second-order valence-electron chi connectivity index (χ2n) is 4.51. The van der Waals surface area contributed by atoms with E-state index in [9.17, 15) is 0 Å². The van der Waals surface area contributed by atoms with Crippen LogP contribution in [0, 0.1) is 11.8 Å². The maximum absolute atomic E-state index is 3.86. The van der Waals surface area contributed by atoms with Crippen LogP contribution in [0.3, 0.4) is 0 Å². The third-order valence-corrected chi connectivity index (χ3v) is 4.87. The van der Waals surface area contributed by atoms with Gasteiger partial charge in [0.1, 0.15) is 0 Å². The molecule has 2 fully saturated rings. The van der Waals surface area contributed by atoms with Gasteiger partial charge in [0.15, 0.2) is 0 Å². The van der Waals surface area contributed by atoms with E-state index in [-0.39, 0.29) is 0 Å². The van der Waals surface area contributed by atoms with Gasteiger partial charge in [0.05, 0.1) is 0 Å². The lowest BCUT2D eigenvalue weighted by Gasteiger charge is -2.32. The second-order valence-corrected chi connectivity index (χ2v) is 5.68. The molecule has 0 bridgehead atoms. The Labute approximate surface area is 84.2 Å². The fraction of sp³-hybridized carbons (Fsp3) is 1.00. The summed E-state index contributed by atoms with van der Waals surface area (Å²) >= 11 is 3.86. The summed E-state index contributed by atoms with van der Waals surface area (Å²) in [4.78, 5) is 0.856. The van der Waals surface area contributed by atoms with Crippen molar-refractivity contribution >= 4 is 15.9 Å². The van der Waals surface area contributed by atoms with Gasteiger partial charge in [0.2, 0.25) is 0 Å². The molecule has 1 heteroatoms. The van der Waals surface area contributed by atoms with E-state index in [2.05, 4.69) is 15.9 Å². The molecule has 0 aromatic rings. The summed E-state index contributed by atoms with van der Waals surface area (Å²) in [6.45, 7) is 0. The normalized spacial score (nSPS) is 38.8. The highest BCUT2D eigenvalue weighted by Crippen LogP contribution is 2.41. The molecule has 2 aliphatic carbocycles. The van der Waals surface area contributed by atoms with Crippen molar-refractivity contribution in [3.05, 3.63) is 0 Å². The summed E-state index contributed by atoms with van der Waals surface area (Å²) in [5.41, 5.74) is 0. The van der Waals surface area contributed by atoms with Crippen LogP contribution in [-0.2, 0) is 0 Å². The molecule has 0 radical (unpaired) electrons. The first-order chi connectivity index (χ1) is 5.88. The lowest BCUT2D eigenvalue weighted by atomic mass is 9.79. The zero-order chi connectivity index (χ0) is 8.39. The van der Waals surface area contributed by atoms with Gasteiger partial charge in [-0.2, -0.15) is 0 Å². The van der Waals surface area contributed by atoms with Crippen molar-refractivity contribution in [2.45, 2.75) is 56.2 Å². The van der Waals surface area contributed by atoms with Crippen molar-refractivity contribution in [2.24, 2.45) is 11.8 Å². The Morgan fingerprint density at radius 1 is 0.750 bits per heavy atom. The lowest BCUT2D eigenvalue weighted by Crippen LogP contribution is -2.25. The minimum atomic E-state index is 0.856. The molecular weight excluding hydrogens is 212 g/mol. The number of halogens is 1. The topological polar surface area (TPSA) is 0 Å². The van der Waals surface area contributed by atoms with Crippen molar-refractivity contribution < 1.29 is 0 Å². The average molecular weight is 231 g/mol. The van der Waals surface area contributed by atoms with E-state index < -0.39 is 0 Å². The van der Waals surface area contributed by atoms with Gasteiger partial charge in [-0.15, -0.1) is 0 Å². The summed E-state index contributed by atoms with van der Waals surface area (Å²) in [6, 6.07) is 0. The van der Waals surface area contributed by atoms with E-state index >= 15 is 0 Å². The average Bonchev–Trinajstić information content (AvgIpc) is 2.57. The highest BCUT2D eigenvalue weighted by atomic mass is 79.9. The first-order valence-electron chi connectivity index (χ1n) is 5.52. The molecule has 0 aliphatic heterocycles. The van der Waals surface area contributed by atoms with Crippen molar-refractivity contribution in [2.75, 3.05) is 0 Å². The maximum atomic E-state index is 3.86. The summed E-state index contributed by atoms with van der Waals surface area (Å²) in [6.07, 6.45) is 11.9. The summed E-state index contributed by atoms with van der Waals surface area (Å²) < 4.78 is 0. The number of rotatable bonds is 1. The standard InChI is InChI=1S/C11H19Br/c12-11-8-4-3-7-10(11)9-5-1-2-6-9/h9-11H,1-8H2. The van der Waals surface area contributed by atoms with Crippen LogP contribution in [0.4, 0.5) is 0 Å². The zero-order valence-electron chi connectivity index (χ0n) is 7.77. The minimum absolute atomic E-state index is 0.856. The van der Waals surface area contributed by atoms with Crippen molar-refractivity contribution in [3.8, 4) is 0 Å². The molecule has 2 saturated carbocycles. The fourth-order valence-electron chi connectivity index (χ4n) is 3.03. The van der Waals surface area contributed by atoms with Gasteiger partial charge >= 0.3 is 0 Å². The maximum Gasteiger partial charge on any atom is 0.0176 e. The zero-order valence-corrected chi connectivity index (χ0v) is 9.35. The quantitative estimate of drug-likeness (QED) is 0.595. The molecule has 0 saturated heterocycles. The molecule has 12 heavy (non-hydrogen) atoms. The first-order valence-corrected chi connectivity index (χ1v) is 6.43. The molecule has 0 aromatic carbocycles. The lowest BCUT2D eigenvalue weighted by molar-refractivity contribution is 0.264. The van der Waals surface area contributed by atoms with Crippen LogP contribution >= 0.6 is 15.9 Å². The Morgan fingerprint density at radius 3 is 2.00 bits per heavy atom. The Hall–Kier alpha value is 0.480. The van der Waals surface area contributed by atoms with E-state index in [1.165, 1.54) is 51.4 Å². The molecule has 2 rings (SSSR count). The van der Waals surface area contributed by atoms with Crippen LogP contribution in [0.1, 0.15) is 51.4 Å². The minimum Gasteiger partial charge on any atom is -0.0888 e. The molecule has 0 nitrogen and oxygen atoms in total. The second kappa shape index (κ2) is 4.13. The Bertz CT molecular complexity index is 138. The first kappa shape index (κ1) is 9.05. The van der Waals surface area contributed by atoms with E-state index in [4.69, 9.17) is 0 Å². The molecule has 70 valence electrons. The van der Waals surface area contributed by atoms with Gasteiger partial charge in [-0.25, -0.2) is 0 Å². The summed E-state index contributed by atoms with van der Waals surface area (Å²) in [7, 11) is 0. The van der Waals surface area contributed by atoms with Gasteiger partial charge in [-0.05, 0) is 24.7 Å². The van der Waals surface area contributed by atoms with Crippen LogP contribution in [-0.4, -0.2) is 4.83 Å². The molecular formula is C11H19Br. The van der Waals surface area contributed by atoms with Gasteiger partial charge in [-0.1, -0.05) is 54.5 Å². The number of hydrogen-bond acceptors (Lipinski definition) is 0. The predicted octanol–water partition coefficient (Wildman–Crippen LogP) is 4.13. The van der Waals surface area contributed by atoms with E-state index in [1.807, 2.05) is 0 Å². The molecule has 2 unspecified atom stereocenters. The van der Waals surface area contributed by atoms with Crippen molar-refractivity contribution in [3.63, 3.8) is 0 Å². The molecule has 0 N–H and O–H groups in total. The monoisotopic (exact) mass is 230 g/mol. The van der Waals surface area contributed by atoms with Crippen LogP contribution in [0.25, 0.3) is 0 Å².